The summed E-state index contributed by atoms with van der Waals surface area (Å²) in [7, 11) is 5.12. The van der Waals surface area contributed by atoms with Gasteiger partial charge in [0.05, 0.1) is 25.5 Å². The first-order valence-electron chi connectivity index (χ1n) is 6.64. The van der Waals surface area contributed by atoms with Crippen molar-refractivity contribution in [2.75, 3.05) is 26.2 Å². The van der Waals surface area contributed by atoms with Gasteiger partial charge in [-0.05, 0) is 43.3 Å². The van der Waals surface area contributed by atoms with Crippen LogP contribution in [0.5, 0.6) is 11.5 Å². The van der Waals surface area contributed by atoms with E-state index in [1.807, 2.05) is 48.3 Å². The zero-order valence-corrected chi connectivity index (χ0v) is 12.7. The van der Waals surface area contributed by atoms with Crippen molar-refractivity contribution in [3.8, 4) is 11.5 Å². The molecule has 0 unspecified atom stereocenters. The highest BCUT2D eigenvalue weighted by atomic mass is 16.5. The van der Waals surface area contributed by atoms with Crippen LogP contribution in [-0.4, -0.2) is 27.1 Å². The van der Waals surface area contributed by atoms with Gasteiger partial charge in [-0.1, -0.05) is 6.07 Å². The highest BCUT2D eigenvalue weighted by molar-refractivity contribution is 6.03. The number of rotatable bonds is 5. The molecular weight excluding hydrogens is 266 g/mol. The highest BCUT2D eigenvalue weighted by Crippen LogP contribution is 2.33. The van der Waals surface area contributed by atoms with Gasteiger partial charge in [0.25, 0.3) is 0 Å². The van der Waals surface area contributed by atoms with Crippen molar-refractivity contribution in [3.05, 3.63) is 48.0 Å². The zero-order valence-electron chi connectivity index (χ0n) is 12.7. The van der Waals surface area contributed by atoms with Gasteiger partial charge in [0, 0.05) is 12.7 Å². The molecule has 0 fully saturated rings. The molecule has 0 aliphatic heterocycles. The molecule has 0 heterocycles. The lowest BCUT2D eigenvalue weighted by atomic mass is 10.1. The molecule has 0 saturated heterocycles. The monoisotopic (exact) mass is 285 g/mol. The van der Waals surface area contributed by atoms with E-state index >= 15 is 0 Å². The predicted octanol–water partition coefficient (Wildman–Crippen LogP) is 3.67. The summed E-state index contributed by atoms with van der Waals surface area (Å²) >= 11 is 0. The number of carbonyl (C=O) groups is 1. The summed E-state index contributed by atoms with van der Waals surface area (Å²) in [6.07, 6.45) is 0. The van der Waals surface area contributed by atoms with E-state index in [0.29, 0.717) is 11.3 Å². The van der Waals surface area contributed by atoms with Crippen LogP contribution in [0.15, 0.2) is 42.5 Å². The number of methoxy groups -OCH3 is 2. The van der Waals surface area contributed by atoms with E-state index in [1.165, 1.54) is 0 Å². The molecule has 2 aromatic carbocycles. The van der Waals surface area contributed by atoms with Crippen LogP contribution in [0, 0.1) is 0 Å². The maximum Gasteiger partial charge on any atom is 0.165 e. The number of carbonyl (C=O) groups excluding carboxylic acids is 1. The summed E-state index contributed by atoms with van der Waals surface area (Å²) in [6.45, 7) is 1.54. The number of benzene rings is 2. The second-order valence-corrected chi connectivity index (χ2v) is 4.67. The molecule has 21 heavy (non-hydrogen) atoms. The first-order chi connectivity index (χ1) is 10.1. The van der Waals surface area contributed by atoms with E-state index in [9.17, 15) is 4.79 Å². The summed E-state index contributed by atoms with van der Waals surface area (Å²) in [4.78, 5) is 13.9. The molecule has 0 radical (unpaired) electrons. The molecule has 0 N–H and O–H groups in total. The number of ether oxygens (including phenoxy) is 2. The van der Waals surface area contributed by atoms with Crippen LogP contribution >= 0.6 is 0 Å². The fourth-order valence-corrected chi connectivity index (χ4v) is 2.27. The van der Waals surface area contributed by atoms with Gasteiger partial charge in [0.1, 0.15) is 11.5 Å². The Kier molecular flexibility index (Phi) is 4.48. The lowest BCUT2D eigenvalue weighted by Gasteiger charge is -2.23. The van der Waals surface area contributed by atoms with Crippen LogP contribution in [0.3, 0.4) is 0 Å². The Morgan fingerprint density at radius 2 is 1.67 bits per heavy atom. The second kappa shape index (κ2) is 6.31. The average Bonchev–Trinajstić information content (AvgIpc) is 2.53. The van der Waals surface area contributed by atoms with Gasteiger partial charge in [0.2, 0.25) is 0 Å². The SMILES string of the molecule is COc1ccc(N(C)c2cccc(OC)c2C(C)=O)cc1. The Bertz CT molecular complexity index is 635. The maximum absolute atomic E-state index is 12.0. The van der Waals surface area contributed by atoms with Crippen molar-refractivity contribution in [3.63, 3.8) is 0 Å². The van der Waals surface area contributed by atoms with Crippen LogP contribution in [0.1, 0.15) is 17.3 Å². The largest absolute Gasteiger partial charge is 0.497 e. The van der Waals surface area contributed by atoms with Crippen molar-refractivity contribution in [2.45, 2.75) is 6.92 Å². The van der Waals surface area contributed by atoms with E-state index in [2.05, 4.69) is 0 Å². The molecule has 110 valence electrons. The molecule has 2 aromatic rings. The third kappa shape index (κ3) is 2.99. The molecule has 0 amide bonds. The molecule has 0 aliphatic carbocycles. The van der Waals surface area contributed by atoms with E-state index in [0.717, 1.165) is 17.1 Å². The van der Waals surface area contributed by atoms with Gasteiger partial charge >= 0.3 is 0 Å². The van der Waals surface area contributed by atoms with Crippen LogP contribution in [0.4, 0.5) is 11.4 Å². The standard InChI is InChI=1S/C17H19NO3/c1-12(19)17-15(6-5-7-16(17)21-4)18(2)13-8-10-14(20-3)11-9-13/h5-11H,1-4H3. The quantitative estimate of drug-likeness (QED) is 0.786. The van der Waals surface area contributed by atoms with Crippen molar-refractivity contribution in [1.82, 2.24) is 0 Å². The van der Waals surface area contributed by atoms with Crippen molar-refractivity contribution >= 4 is 17.2 Å². The minimum absolute atomic E-state index is 0.0252. The third-order valence-corrected chi connectivity index (χ3v) is 3.40. The number of hydrogen-bond acceptors (Lipinski definition) is 4. The number of nitrogens with zero attached hydrogens (tertiary/aromatic N) is 1. The Balaban J connectivity index is 2.46. The molecule has 0 aliphatic rings. The molecule has 4 nitrogen and oxygen atoms in total. The van der Waals surface area contributed by atoms with Gasteiger partial charge in [-0.25, -0.2) is 0 Å². The minimum Gasteiger partial charge on any atom is -0.497 e. The normalized spacial score (nSPS) is 10.1. The second-order valence-electron chi connectivity index (χ2n) is 4.67. The summed E-state index contributed by atoms with van der Waals surface area (Å²) in [5, 5.41) is 0. The first-order valence-corrected chi connectivity index (χ1v) is 6.64. The maximum atomic E-state index is 12.0. The predicted molar refractivity (Wildman–Crippen MR) is 84.1 cm³/mol. The molecule has 0 spiro atoms. The van der Waals surface area contributed by atoms with Gasteiger partial charge in [0.15, 0.2) is 5.78 Å². The fraction of sp³-hybridized carbons (Fsp3) is 0.235. The van der Waals surface area contributed by atoms with Gasteiger partial charge in [-0.3, -0.25) is 4.79 Å². The van der Waals surface area contributed by atoms with Gasteiger partial charge in [-0.15, -0.1) is 0 Å². The smallest absolute Gasteiger partial charge is 0.165 e. The Labute approximate surface area is 124 Å². The summed E-state index contributed by atoms with van der Waals surface area (Å²) < 4.78 is 10.5. The minimum atomic E-state index is -0.0252. The Morgan fingerprint density at radius 1 is 1.00 bits per heavy atom. The van der Waals surface area contributed by atoms with E-state index in [-0.39, 0.29) is 5.78 Å². The van der Waals surface area contributed by atoms with Crippen LogP contribution < -0.4 is 14.4 Å². The van der Waals surface area contributed by atoms with Crippen LogP contribution in [-0.2, 0) is 0 Å². The van der Waals surface area contributed by atoms with E-state index in [1.54, 1.807) is 27.2 Å². The molecular formula is C17H19NO3. The summed E-state index contributed by atoms with van der Waals surface area (Å²) in [6, 6.07) is 13.2. The molecule has 0 aromatic heterocycles. The fourth-order valence-electron chi connectivity index (χ4n) is 2.27. The van der Waals surface area contributed by atoms with Crippen molar-refractivity contribution in [2.24, 2.45) is 0 Å². The van der Waals surface area contributed by atoms with Crippen molar-refractivity contribution in [1.29, 1.82) is 0 Å². The number of hydrogen-bond donors (Lipinski definition) is 0. The van der Waals surface area contributed by atoms with Crippen LogP contribution in [0.25, 0.3) is 0 Å². The molecule has 4 heteroatoms. The van der Waals surface area contributed by atoms with Gasteiger partial charge < -0.3 is 14.4 Å². The molecule has 2 rings (SSSR count). The number of anilines is 2. The first kappa shape index (κ1) is 14.9. The lowest BCUT2D eigenvalue weighted by Crippen LogP contribution is -2.14. The topological polar surface area (TPSA) is 38.8 Å². The third-order valence-electron chi connectivity index (χ3n) is 3.40. The average molecular weight is 285 g/mol. The Hall–Kier alpha value is -2.49. The van der Waals surface area contributed by atoms with Crippen molar-refractivity contribution < 1.29 is 14.3 Å². The number of Topliss-reactive ketones (excluding diaryl/α,β-unsaturated/α-hetero) is 1. The highest BCUT2D eigenvalue weighted by Gasteiger charge is 2.17. The van der Waals surface area contributed by atoms with E-state index in [4.69, 9.17) is 9.47 Å². The summed E-state index contributed by atoms with van der Waals surface area (Å²) in [5.41, 5.74) is 2.36. The lowest BCUT2D eigenvalue weighted by molar-refractivity contribution is 0.101. The molecule has 0 saturated carbocycles. The van der Waals surface area contributed by atoms with Gasteiger partial charge in [-0.2, -0.15) is 0 Å². The zero-order chi connectivity index (χ0) is 15.4. The van der Waals surface area contributed by atoms with Crippen LogP contribution in [0.2, 0.25) is 0 Å². The Morgan fingerprint density at radius 3 is 2.19 bits per heavy atom. The summed E-state index contributed by atoms with van der Waals surface area (Å²) in [5.74, 6) is 1.35. The molecule has 0 atom stereocenters. The number of ketones is 1. The van der Waals surface area contributed by atoms with E-state index < -0.39 is 0 Å². The molecule has 0 bridgehead atoms.